The molecule has 0 aliphatic heterocycles. The second-order valence-corrected chi connectivity index (χ2v) is 8.69. The van der Waals surface area contributed by atoms with Crippen LogP contribution in [-0.2, 0) is 21.1 Å². The van der Waals surface area contributed by atoms with Gasteiger partial charge in [0.05, 0.1) is 4.90 Å². The maximum atomic E-state index is 12.9. The first kappa shape index (κ1) is 19.4. The van der Waals surface area contributed by atoms with Gasteiger partial charge < -0.3 is 10.0 Å². The summed E-state index contributed by atoms with van der Waals surface area (Å²) >= 11 is 0. The second kappa shape index (κ2) is 7.15. The largest absolute Gasteiger partial charge is 0.479 e. The summed E-state index contributed by atoms with van der Waals surface area (Å²) in [6.45, 7) is 1.85. The van der Waals surface area contributed by atoms with E-state index < -0.39 is 27.3 Å². The van der Waals surface area contributed by atoms with Gasteiger partial charge in [-0.2, -0.15) is 0 Å². The zero-order chi connectivity index (χ0) is 18.8. The van der Waals surface area contributed by atoms with Gasteiger partial charge in [-0.15, -0.1) is 0 Å². The van der Waals surface area contributed by atoms with E-state index in [-0.39, 0.29) is 10.5 Å². The fourth-order valence-electron chi connectivity index (χ4n) is 3.54. The Labute approximate surface area is 148 Å². The van der Waals surface area contributed by atoms with Gasteiger partial charge in [-0.05, 0) is 37.0 Å². The van der Waals surface area contributed by atoms with Crippen LogP contribution in [0.3, 0.4) is 0 Å². The lowest BCUT2D eigenvalue weighted by atomic mass is 9.80. The van der Waals surface area contributed by atoms with Gasteiger partial charge in [-0.1, -0.05) is 32.3 Å². The molecule has 0 bridgehead atoms. The van der Waals surface area contributed by atoms with E-state index in [1.54, 1.807) is 12.1 Å². The zero-order valence-electron chi connectivity index (χ0n) is 14.9. The Hall–Kier alpha value is -1.89. The summed E-state index contributed by atoms with van der Waals surface area (Å²) in [5, 5.41) is 9.73. The van der Waals surface area contributed by atoms with Crippen LogP contribution >= 0.6 is 0 Å². The molecule has 0 saturated heterocycles. The topological polar surface area (TPSA) is 91.8 Å². The van der Waals surface area contributed by atoms with Crippen molar-refractivity contribution in [2.75, 3.05) is 13.3 Å². The SMILES string of the molecule is CCc1ccc(C(=O)N(C)C2(C(=O)O)CCCCC2)cc1S(C)(=O)=O. The van der Waals surface area contributed by atoms with Crippen molar-refractivity contribution in [2.24, 2.45) is 0 Å². The molecule has 7 heteroatoms. The lowest BCUT2D eigenvalue weighted by molar-refractivity contribution is -0.151. The first-order valence-electron chi connectivity index (χ1n) is 8.48. The molecule has 0 heterocycles. The molecule has 2 rings (SSSR count). The monoisotopic (exact) mass is 367 g/mol. The van der Waals surface area contributed by atoms with Crippen molar-refractivity contribution in [2.45, 2.75) is 55.9 Å². The third-order valence-corrected chi connectivity index (χ3v) is 6.30. The minimum atomic E-state index is -3.47. The Kier molecular flexibility index (Phi) is 5.56. The van der Waals surface area contributed by atoms with Crippen LogP contribution in [0.4, 0.5) is 0 Å². The number of carbonyl (C=O) groups is 2. The smallest absolute Gasteiger partial charge is 0.329 e. The summed E-state index contributed by atoms with van der Waals surface area (Å²) in [6.07, 6.45) is 4.94. The number of sulfone groups is 1. The number of hydrogen-bond donors (Lipinski definition) is 1. The standard InChI is InChI=1S/C18H25NO5S/c1-4-13-8-9-14(12-15(13)25(3,23)24)16(20)19(2)18(17(21)22)10-6-5-7-11-18/h8-9,12H,4-7,10-11H2,1-3H3,(H,21,22). The minimum absolute atomic E-state index is 0.127. The zero-order valence-corrected chi connectivity index (χ0v) is 15.7. The highest BCUT2D eigenvalue weighted by Crippen LogP contribution is 2.34. The molecule has 25 heavy (non-hydrogen) atoms. The fraction of sp³-hybridized carbons (Fsp3) is 0.556. The summed E-state index contributed by atoms with van der Waals surface area (Å²) in [6, 6.07) is 4.57. The van der Waals surface area contributed by atoms with E-state index in [1.807, 2.05) is 6.92 Å². The number of carbonyl (C=O) groups excluding carboxylic acids is 1. The summed E-state index contributed by atoms with van der Waals surface area (Å²) in [5.41, 5.74) is -0.372. The van der Waals surface area contributed by atoms with E-state index in [1.165, 1.54) is 18.0 Å². The lowest BCUT2D eigenvalue weighted by Gasteiger charge is -2.41. The normalized spacial score (nSPS) is 17.1. The first-order chi connectivity index (χ1) is 11.6. The molecule has 1 aliphatic carbocycles. The van der Waals surface area contributed by atoms with E-state index in [0.717, 1.165) is 25.5 Å². The number of amides is 1. The Bertz CT molecular complexity index is 779. The van der Waals surface area contributed by atoms with Crippen LogP contribution in [0.1, 0.15) is 54.9 Å². The third-order valence-electron chi connectivity index (χ3n) is 5.12. The van der Waals surface area contributed by atoms with Crippen molar-refractivity contribution in [3.05, 3.63) is 29.3 Å². The van der Waals surface area contributed by atoms with Gasteiger partial charge in [-0.3, -0.25) is 4.79 Å². The van der Waals surface area contributed by atoms with E-state index in [4.69, 9.17) is 0 Å². The lowest BCUT2D eigenvalue weighted by Crippen LogP contribution is -2.56. The first-order valence-corrected chi connectivity index (χ1v) is 10.4. The molecule has 1 fully saturated rings. The highest BCUT2D eigenvalue weighted by atomic mass is 32.2. The van der Waals surface area contributed by atoms with Crippen LogP contribution in [-0.4, -0.2) is 49.1 Å². The van der Waals surface area contributed by atoms with Gasteiger partial charge in [0.1, 0.15) is 5.54 Å². The summed E-state index contributed by atoms with van der Waals surface area (Å²) in [5.74, 6) is -1.46. The van der Waals surface area contributed by atoms with E-state index in [9.17, 15) is 23.1 Å². The molecule has 1 saturated carbocycles. The molecule has 0 unspecified atom stereocenters. The second-order valence-electron chi connectivity index (χ2n) is 6.71. The number of benzene rings is 1. The molecule has 1 aromatic carbocycles. The van der Waals surface area contributed by atoms with Crippen molar-refractivity contribution in [3.63, 3.8) is 0 Å². The average Bonchev–Trinajstić information content (AvgIpc) is 2.59. The Morgan fingerprint density at radius 1 is 1.20 bits per heavy atom. The van der Waals surface area contributed by atoms with Gasteiger partial charge in [-0.25, -0.2) is 13.2 Å². The third kappa shape index (κ3) is 3.71. The number of aliphatic carboxylic acids is 1. The molecule has 1 aromatic rings. The average molecular weight is 367 g/mol. The number of hydrogen-bond acceptors (Lipinski definition) is 4. The molecule has 0 spiro atoms. The van der Waals surface area contributed by atoms with Gasteiger partial charge in [0.25, 0.3) is 5.91 Å². The molecule has 1 aliphatic rings. The Balaban J connectivity index is 2.44. The summed E-state index contributed by atoms with van der Waals surface area (Å²) in [7, 11) is -1.98. The van der Waals surface area contributed by atoms with Gasteiger partial charge in [0.2, 0.25) is 0 Å². The van der Waals surface area contributed by atoms with Crippen LogP contribution in [0.25, 0.3) is 0 Å². The number of carboxylic acid groups (broad SMARTS) is 1. The van der Waals surface area contributed by atoms with Crippen LogP contribution in [0.2, 0.25) is 0 Å². The Morgan fingerprint density at radius 3 is 2.28 bits per heavy atom. The van der Waals surface area contributed by atoms with E-state index in [0.29, 0.717) is 24.8 Å². The molecule has 138 valence electrons. The summed E-state index contributed by atoms with van der Waals surface area (Å²) < 4.78 is 24.0. The van der Waals surface area contributed by atoms with Crippen LogP contribution in [0.5, 0.6) is 0 Å². The van der Waals surface area contributed by atoms with Crippen molar-refractivity contribution in [3.8, 4) is 0 Å². The minimum Gasteiger partial charge on any atom is -0.479 e. The predicted molar refractivity (Wildman–Crippen MR) is 94.5 cm³/mol. The molecule has 0 aromatic heterocycles. The maximum absolute atomic E-state index is 12.9. The van der Waals surface area contributed by atoms with E-state index in [2.05, 4.69) is 0 Å². The van der Waals surface area contributed by atoms with Crippen LogP contribution < -0.4 is 0 Å². The van der Waals surface area contributed by atoms with Crippen LogP contribution in [0, 0.1) is 0 Å². The molecular weight excluding hydrogens is 342 g/mol. The number of nitrogens with zero attached hydrogens (tertiary/aromatic N) is 1. The number of carboxylic acids is 1. The highest BCUT2D eigenvalue weighted by molar-refractivity contribution is 7.90. The number of rotatable bonds is 5. The quantitative estimate of drug-likeness (QED) is 0.863. The number of likely N-dealkylation sites (N-methyl/N-ethyl adjacent to an activating group) is 1. The van der Waals surface area contributed by atoms with Gasteiger partial charge in [0.15, 0.2) is 9.84 Å². The summed E-state index contributed by atoms with van der Waals surface area (Å²) in [4.78, 5) is 26.2. The number of aryl methyl sites for hydroxylation is 1. The van der Waals surface area contributed by atoms with Crippen molar-refractivity contribution in [1.82, 2.24) is 4.90 Å². The molecule has 1 N–H and O–H groups in total. The van der Waals surface area contributed by atoms with Crippen molar-refractivity contribution >= 4 is 21.7 Å². The fourth-order valence-corrected chi connectivity index (χ4v) is 4.57. The maximum Gasteiger partial charge on any atom is 0.329 e. The molecular formula is C18H25NO5S. The van der Waals surface area contributed by atoms with Crippen LogP contribution in [0.15, 0.2) is 23.1 Å². The molecule has 0 atom stereocenters. The molecule has 0 radical (unpaired) electrons. The predicted octanol–water partition coefficient (Wildman–Crippen LogP) is 2.51. The molecule has 6 nitrogen and oxygen atoms in total. The Morgan fingerprint density at radius 2 is 1.80 bits per heavy atom. The molecule has 1 amide bonds. The van der Waals surface area contributed by atoms with E-state index >= 15 is 0 Å². The highest BCUT2D eigenvalue weighted by Gasteiger charge is 2.45. The van der Waals surface area contributed by atoms with Gasteiger partial charge in [0, 0.05) is 18.9 Å². The van der Waals surface area contributed by atoms with Crippen molar-refractivity contribution in [1.29, 1.82) is 0 Å². The van der Waals surface area contributed by atoms with Gasteiger partial charge >= 0.3 is 5.97 Å². The van der Waals surface area contributed by atoms with Crippen molar-refractivity contribution < 1.29 is 23.1 Å².